The normalized spacial score (nSPS) is 16.2. The molecule has 2 aromatic heterocycles. The maximum absolute atomic E-state index is 5.75. The van der Waals surface area contributed by atoms with Gasteiger partial charge in [-0.2, -0.15) is 5.10 Å². The number of hydrogen-bond acceptors (Lipinski definition) is 4. The Balaban J connectivity index is 0.00000320. The second-order valence-electron chi connectivity index (χ2n) is 7.80. The van der Waals surface area contributed by atoms with Crippen LogP contribution in [0.4, 0.5) is 0 Å². The number of nitrogens with one attached hydrogen (secondary N) is 2. The van der Waals surface area contributed by atoms with Crippen LogP contribution in [0, 0.1) is 13.8 Å². The molecule has 30 heavy (non-hydrogen) atoms. The van der Waals surface area contributed by atoms with Crippen molar-refractivity contribution in [3.05, 3.63) is 41.1 Å². The van der Waals surface area contributed by atoms with Gasteiger partial charge in [0.15, 0.2) is 5.96 Å². The van der Waals surface area contributed by atoms with Gasteiger partial charge in [-0.05, 0) is 70.8 Å². The van der Waals surface area contributed by atoms with Crippen LogP contribution >= 0.6 is 24.0 Å². The van der Waals surface area contributed by atoms with Crippen molar-refractivity contribution in [2.75, 3.05) is 32.7 Å². The molecule has 0 amide bonds. The van der Waals surface area contributed by atoms with Gasteiger partial charge in [0, 0.05) is 25.8 Å². The second kappa shape index (κ2) is 12.3. The number of halogens is 1. The fourth-order valence-corrected chi connectivity index (χ4v) is 4.10. The monoisotopic (exact) mass is 528 g/mol. The molecule has 1 unspecified atom stereocenters. The molecular formula is C22H37IN6O. The first kappa shape index (κ1) is 24.7. The third kappa shape index (κ3) is 6.47. The molecule has 0 radical (unpaired) electrons. The molecule has 3 heterocycles. The summed E-state index contributed by atoms with van der Waals surface area (Å²) in [7, 11) is 2.00. The van der Waals surface area contributed by atoms with Crippen molar-refractivity contribution in [1.82, 2.24) is 25.3 Å². The largest absolute Gasteiger partial charge is 0.468 e. The topological polar surface area (TPSA) is 70.6 Å². The predicted molar refractivity (Wildman–Crippen MR) is 133 cm³/mol. The maximum atomic E-state index is 5.75. The minimum atomic E-state index is 0. The number of nitrogens with zero attached hydrogens (tertiary/aromatic N) is 4. The van der Waals surface area contributed by atoms with E-state index in [2.05, 4.69) is 47.5 Å². The number of furan rings is 1. The van der Waals surface area contributed by atoms with Gasteiger partial charge >= 0.3 is 0 Å². The van der Waals surface area contributed by atoms with Gasteiger partial charge in [-0.1, -0.05) is 6.42 Å². The van der Waals surface area contributed by atoms with E-state index in [0.717, 1.165) is 50.0 Å². The van der Waals surface area contributed by atoms with Crippen molar-refractivity contribution < 1.29 is 4.42 Å². The number of piperidine rings is 1. The third-order valence-corrected chi connectivity index (χ3v) is 5.80. The first-order valence-electron chi connectivity index (χ1n) is 10.9. The Morgan fingerprint density at radius 3 is 2.60 bits per heavy atom. The highest BCUT2D eigenvalue weighted by atomic mass is 127. The second-order valence-corrected chi connectivity index (χ2v) is 7.80. The quantitative estimate of drug-likeness (QED) is 0.312. The number of hydrogen-bond donors (Lipinski definition) is 2. The molecule has 3 rings (SSSR count). The lowest BCUT2D eigenvalue weighted by molar-refractivity contribution is 0.150. The average molecular weight is 528 g/mol. The molecule has 168 valence electrons. The summed E-state index contributed by atoms with van der Waals surface area (Å²) >= 11 is 0. The third-order valence-electron chi connectivity index (χ3n) is 5.80. The molecule has 1 aliphatic heterocycles. The van der Waals surface area contributed by atoms with Crippen LogP contribution < -0.4 is 10.6 Å². The fourth-order valence-electron chi connectivity index (χ4n) is 4.10. The van der Waals surface area contributed by atoms with Gasteiger partial charge in [0.05, 0.1) is 24.5 Å². The van der Waals surface area contributed by atoms with Crippen molar-refractivity contribution >= 4 is 29.9 Å². The first-order valence-corrected chi connectivity index (χ1v) is 10.9. The minimum absolute atomic E-state index is 0. The molecule has 1 fully saturated rings. The lowest BCUT2D eigenvalue weighted by atomic mass is 10.1. The predicted octanol–water partition coefficient (Wildman–Crippen LogP) is 3.57. The van der Waals surface area contributed by atoms with E-state index in [1.807, 2.05) is 17.8 Å². The van der Waals surface area contributed by atoms with E-state index in [4.69, 9.17) is 9.41 Å². The van der Waals surface area contributed by atoms with E-state index in [9.17, 15) is 0 Å². The van der Waals surface area contributed by atoms with Gasteiger partial charge in [0.1, 0.15) is 5.76 Å². The van der Waals surface area contributed by atoms with Crippen LogP contribution in [-0.2, 0) is 13.5 Å². The van der Waals surface area contributed by atoms with Crippen molar-refractivity contribution in [2.45, 2.75) is 52.5 Å². The fraction of sp³-hybridized carbons (Fsp3) is 0.636. The average Bonchev–Trinajstić information content (AvgIpc) is 3.33. The van der Waals surface area contributed by atoms with Gasteiger partial charge in [-0.3, -0.25) is 14.6 Å². The van der Waals surface area contributed by atoms with Crippen molar-refractivity contribution in [1.29, 1.82) is 0 Å². The summed E-state index contributed by atoms with van der Waals surface area (Å²) in [6.45, 7) is 10.9. The van der Waals surface area contributed by atoms with Gasteiger partial charge in [0.2, 0.25) is 0 Å². The standard InChI is InChI=1S/C22H36N6O.HI/c1-5-23-22(24-12-11-19-17(2)26-27(4)18(19)3)25-16-20(21-10-9-15-29-21)28-13-7-6-8-14-28;/h9-10,15,20H,5-8,11-14,16H2,1-4H3,(H2,23,24,25);1H. The highest BCUT2D eigenvalue weighted by Gasteiger charge is 2.24. The molecule has 0 aromatic carbocycles. The summed E-state index contributed by atoms with van der Waals surface area (Å²) in [6, 6.07) is 4.24. The van der Waals surface area contributed by atoms with E-state index in [1.165, 1.54) is 30.5 Å². The van der Waals surface area contributed by atoms with Gasteiger partial charge in [0.25, 0.3) is 0 Å². The number of aryl methyl sites for hydroxylation is 2. The molecule has 2 N–H and O–H groups in total. The summed E-state index contributed by atoms with van der Waals surface area (Å²) in [5, 5.41) is 11.4. The highest BCUT2D eigenvalue weighted by molar-refractivity contribution is 14.0. The van der Waals surface area contributed by atoms with Gasteiger partial charge < -0.3 is 15.1 Å². The molecule has 0 saturated carbocycles. The Kier molecular flexibility index (Phi) is 10.2. The van der Waals surface area contributed by atoms with Crippen LogP contribution in [0.3, 0.4) is 0 Å². The Hall–Kier alpha value is -1.55. The molecular weight excluding hydrogens is 491 g/mol. The molecule has 2 aromatic rings. The van der Waals surface area contributed by atoms with Crippen LogP contribution in [0.15, 0.2) is 27.8 Å². The maximum Gasteiger partial charge on any atom is 0.191 e. The number of aliphatic imine (C=N–C) groups is 1. The highest BCUT2D eigenvalue weighted by Crippen LogP contribution is 2.25. The summed E-state index contributed by atoms with van der Waals surface area (Å²) in [6.07, 6.45) is 6.52. The van der Waals surface area contributed by atoms with Crippen LogP contribution in [0.5, 0.6) is 0 Å². The number of likely N-dealkylation sites (tertiary alicyclic amines) is 1. The van der Waals surface area contributed by atoms with E-state index in [-0.39, 0.29) is 30.0 Å². The lowest BCUT2D eigenvalue weighted by Crippen LogP contribution is -2.40. The molecule has 8 heteroatoms. The first-order chi connectivity index (χ1) is 14.1. The van der Waals surface area contributed by atoms with Gasteiger partial charge in [-0.15, -0.1) is 24.0 Å². The zero-order valence-electron chi connectivity index (χ0n) is 18.8. The van der Waals surface area contributed by atoms with Crippen LogP contribution in [0.25, 0.3) is 0 Å². The zero-order chi connectivity index (χ0) is 20.6. The number of guanidine groups is 1. The molecule has 1 saturated heterocycles. The zero-order valence-corrected chi connectivity index (χ0v) is 21.1. The number of aromatic nitrogens is 2. The van der Waals surface area contributed by atoms with E-state index in [0.29, 0.717) is 6.54 Å². The minimum Gasteiger partial charge on any atom is -0.468 e. The molecule has 0 bridgehead atoms. The SMILES string of the molecule is CCNC(=NCC(c1ccco1)N1CCCCC1)NCCc1c(C)nn(C)c1C.I. The van der Waals surface area contributed by atoms with Crippen molar-refractivity contribution in [2.24, 2.45) is 12.0 Å². The smallest absolute Gasteiger partial charge is 0.191 e. The Labute approximate surface area is 197 Å². The van der Waals surface area contributed by atoms with Crippen molar-refractivity contribution in [3.63, 3.8) is 0 Å². The summed E-state index contributed by atoms with van der Waals surface area (Å²) in [5.74, 6) is 1.87. The van der Waals surface area contributed by atoms with E-state index < -0.39 is 0 Å². The van der Waals surface area contributed by atoms with Crippen molar-refractivity contribution in [3.8, 4) is 0 Å². The lowest BCUT2D eigenvalue weighted by Gasteiger charge is -2.32. The molecule has 0 spiro atoms. The van der Waals surface area contributed by atoms with E-state index >= 15 is 0 Å². The summed E-state index contributed by atoms with van der Waals surface area (Å²) in [4.78, 5) is 7.41. The summed E-state index contributed by atoms with van der Waals surface area (Å²) < 4.78 is 7.70. The van der Waals surface area contributed by atoms with E-state index in [1.54, 1.807) is 6.26 Å². The molecule has 7 nitrogen and oxygen atoms in total. The Morgan fingerprint density at radius 1 is 1.23 bits per heavy atom. The summed E-state index contributed by atoms with van der Waals surface area (Å²) in [5.41, 5.74) is 3.66. The Bertz CT molecular complexity index is 780. The van der Waals surface area contributed by atoms with Crippen LogP contribution in [0.2, 0.25) is 0 Å². The van der Waals surface area contributed by atoms with Gasteiger partial charge in [-0.25, -0.2) is 0 Å². The number of rotatable bonds is 8. The Morgan fingerprint density at radius 2 is 2.00 bits per heavy atom. The molecule has 0 aliphatic carbocycles. The molecule has 1 atom stereocenters. The van der Waals surface area contributed by atoms with Crippen LogP contribution in [-0.4, -0.2) is 53.4 Å². The molecule has 1 aliphatic rings. The van der Waals surface area contributed by atoms with Crippen LogP contribution in [0.1, 0.15) is 54.9 Å².